The molecule has 0 aromatic rings. The van der Waals surface area contributed by atoms with E-state index in [0.29, 0.717) is 0 Å². The van der Waals surface area contributed by atoms with Gasteiger partial charge in [0.1, 0.15) is 0 Å². The Hall–Kier alpha value is -0.740. The smallest absolute Gasteiger partial charge is 0.392 e. The van der Waals surface area contributed by atoms with Crippen molar-refractivity contribution in [1.82, 2.24) is 0 Å². The Morgan fingerprint density at radius 2 is 2.00 bits per heavy atom. The van der Waals surface area contributed by atoms with E-state index in [-0.39, 0.29) is 6.47 Å². The van der Waals surface area contributed by atoms with Gasteiger partial charge in [-0.05, 0) is 0 Å². The molecular formula is C4H5F3O2. The van der Waals surface area contributed by atoms with Crippen molar-refractivity contribution in [3.63, 3.8) is 0 Å². The van der Waals surface area contributed by atoms with Crippen LogP contribution in [0.5, 0.6) is 0 Å². The summed E-state index contributed by atoms with van der Waals surface area (Å²) in [5, 5.41) is 0. The molecule has 0 radical (unpaired) electrons. The fourth-order valence-electron chi connectivity index (χ4n) is 0.223. The lowest BCUT2D eigenvalue weighted by atomic mass is 10.4. The molecule has 9 heavy (non-hydrogen) atoms. The lowest BCUT2D eigenvalue weighted by Crippen LogP contribution is -2.10. The van der Waals surface area contributed by atoms with E-state index in [1.165, 1.54) is 0 Å². The molecule has 0 spiro atoms. The molecule has 0 saturated carbocycles. The summed E-state index contributed by atoms with van der Waals surface area (Å²) in [6.45, 7) is -0.598. The zero-order chi connectivity index (χ0) is 7.33. The van der Waals surface area contributed by atoms with Crippen LogP contribution in [0.4, 0.5) is 13.2 Å². The van der Waals surface area contributed by atoms with Gasteiger partial charge in [-0.15, -0.1) is 0 Å². The highest BCUT2D eigenvalue weighted by molar-refractivity contribution is 5.36. The van der Waals surface area contributed by atoms with Gasteiger partial charge in [-0.25, -0.2) is 0 Å². The molecule has 0 unspecified atom stereocenters. The highest BCUT2D eigenvalue weighted by Gasteiger charge is 2.26. The third kappa shape index (κ3) is 7.26. The van der Waals surface area contributed by atoms with Gasteiger partial charge in [-0.2, -0.15) is 13.2 Å². The average Bonchev–Trinajstić information content (AvgIpc) is 1.63. The van der Waals surface area contributed by atoms with Crippen molar-refractivity contribution in [2.24, 2.45) is 0 Å². The first-order chi connectivity index (χ1) is 4.06. The second-order valence-electron chi connectivity index (χ2n) is 1.33. The maximum atomic E-state index is 11.2. The molecule has 0 saturated heterocycles. The molecule has 0 aliphatic rings. The summed E-state index contributed by atoms with van der Waals surface area (Å²) in [6.07, 6.45) is -5.31. The first-order valence-corrected chi connectivity index (χ1v) is 2.18. The molecule has 2 nitrogen and oxygen atoms in total. The summed E-state index contributed by atoms with van der Waals surface area (Å²) in [5.41, 5.74) is 0. The highest BCUT2D eigenvalue weighted by Crippen LogP contribution is 2.18. The number of hydrogen-bond donors (Lipinski definition) is 0. The van der Waals surface area contributed by atoms with Gasteiger partial charge in [0, 0.05) is 0 Å². The van der Waals surface area contributed by atoms with Crippen LogP contribution in [0, 0.1) is 0 Å². The zero-order valence-corrected chi connectivity index (χ0v) is 4.44. The van der Waals surface area contributed by atoms with Crippen molar-refractivity contribution >= 4 is 6.47 Å². The lowest BCUT2D eigenvalue weighted by molar-refractivity contribution is -0.150. The first-order valence-electron chi connectivity index (χ1n) is 2.18. The van der Waals surface area contributed by atoms with Crippen LogP contribution < -0.4 is 0 Å². The van der Waals surface area contributed by atoms with Gasteiger partial charge in [0.2, 0.25) is 0 Å². The molecule has 54 valence electrons. The summed E-state index contributed by atoms with van der Waals surface area (Å²) in [6, 6.07) is 0. The van der Waals surface area contributed by atoms with E-state index in [4.69, 9.17) is 0 Å². The predicted octanol–water partition coefficient (Wildman–Crippen LogP) is 1.11. The molecule has 0 heterocycles. The number of halogens is 3. The van der Waals surface area contributed by atoms with Crippen molar-refractivity contribution in [1.29, 1.82) is 0 Å². The number of carbonyl (C=O) groups excluding carboxylic acids is 1. The van der Waals surface area contributed by atoms with Crippen LogP contribution >= 0.6 is 0 Å². The van der Waals surface area contributed by atoms with Gasteiger partial charge < -0.3 is 4.74 Å². The van der Waals surface area contributed by atoms with Gasteiger partial charge in [0.15, 0.2) is 0 Å². The summed E-state index contributed by atoms with van der Waals surface area (Å²) in [7, 11) is 0. The maximum absolute atomic E-state index is 11.2. The fourth-order valence-corrected chi connectivity index (χ4v) is 0.223. The van der Waals surface area contributed by atoms with E-state index in [0.717, 1.165) is 0 Å². The Bertz CT molecular complexity index is 88.3. The van der Waals surface area contributed by atoms with Gasteiger partial charge in [-0.1, -0.05) is 0 Å². The quantitative estimate of drug-likeness (QED) is 0.435. The minimum absolute atomic E-state index is 0.00819. The second-order valence-corrected chi connectivity index (χ2v) is 1.33. The molecule has 0 aromatic heterocycles. The highest BCUT2D eigenvalue weighted by atomic mass is 19.4. The molecule has 0 amide bonds. The standard InChI is InChI=1S/C4H5F3O2/c5-4(6,7)1-2-9-3-8/h3H,1-2H2. The van der Waals surface area contributed by atoms with Crippen LogP contribution in [0.3, 0.4) is 0 Å². The Balaban J connectivity index is 3.17. The van der Waals surface area contributed by atoms with Crippen molar-refractivity contribution in [3.05, 3.63) is 0 Å². The van der Waals surface area contributed by atoms with Crippen LogP contribution in [0.1, 0.15) is 6.42 Å². The molecule has 0 rings (SSSR count). The van der Waals surface area contributed by atoms with Gasteiger partial charge in [0.05, 0.1) is 13.0 Å². The van der Waals surface area contributed by atoms with E-state index < -0.39 is 19.2 Å². The molecule has 0 N–H and O–H groups in total. The van der Waals surface area contributed by atoms with Crippen molar-refractivity contribution in [3.8, 4) is 0 Å². The van der Waals surface area contributed by atoms with E-state index in [2.05, 4.69) is 4.74 Å². The summed E-state index contributed by atoms with van der Waals surface area (Å²) >= 11 is 0. The van der Waals surface area contributed by atoms with E-state index in [1.807, 2.05) is 0 Å². The summed E-state index contributed by atoms with van der Waals surface area (Å²) in [4.78, 5) is 9.30. The van der Waals surface area contributed by atoms with Crippen LogP contribution in [0.15, 0.2) is 0 Å². The molecule has 0 aromatic carbocycles. The van der Waals surface area contributed by atoms with E-state index >= 15 is 0 Å². The van der Waals surface area contributed by atoms with Crippen LogP contribution in [0.2, 0.25) is 0 Å². The number of ether oxygens (including phenoxy) is 1. The average molecular weight is 142 g/mol. The largest absolute Gasteiger partial charge is 0.468 e. The van der Waals surface area contributed by atoms with Gasteiger partial charge in [-0.3, -0.25) is 4.79 Å². The summed E-state index contributed by atoms with van der Waals surface area (Å²) in [5.74, 6) is 0. The van der Waals surface area contributed by atoms with Crippen molar-refractivity contribution in [2.45, 2.75) is 12.6 Å². The number of rotatable bonds is 3. The van der Waals surface area contributed by atoms with Crippen molar-refractivity contribution < 1.29 is 22.7 Å². The molecule has 0 aliphatic heterocycles. The lowest BCUT2D eigenvalue weighted by Gasteiger charge is -2.02. The monoisotopic (exact) mass is 142 g/mol. The van der Waals surface area contributed by atoms with Gasteiger partial charge in [0.25, 0.3) is 6.47 Å². The van der Waals surface area contributed by atoms with E-state index in [1.54, 1.807) is 0 Å². The normalized spacial score (nSPS) is 11.0. The maximum Gasteiger partial charge on any atom is 0.392 e. The number of alkyl halides is 3. The zero-order valence-electron chi connectivity index (χ0n) is 4.44. The van der Waals surface area contributed by atoms with Crippen LogP contribution in [0.25, 0.3) is 0 Å². The Labute approximate surface area is 49.6 Å². The topological polar surface area (TPSA) is 26.3 Å². The molecule has 0 fully saturated rings. The second kappa shape index (κ2) is 3.32. The molecule has 0 atom stereocenters. The number of hydrogen-bond acceptors (Lipinski definition) is 2. The third-order valence-corrected chi connectivity index (χ3v) is 0.571. The molecule has 5 heteroatoms. The molecule has 0 aliphatic carbocycles. The molecular weight excluding hydrogens is 137 g/mol. The minimum atomic E-state index is -4.23. The van der Waals surface area contributed by atoms with Crippen LogP contribution in [-0.4, -0.2) is 19.3 Å². The van der Waals surface area contributed by atoms with E-state index in [9.17, 15) is 18.0 Å². The predicted molar refractivity (Wildman–Crippen MR) is 22.7 cm³/mol. The van der Waals surface area contributed by atoms with Crippen molar-refractivity contribution in [2.75, 3.05) is 6.61 Å². The number of carbonyl (C=O) groups is 1. The Morgan fingerprint density at radius 1 is 1.44 bits per heavy atom. The van der Waals surface area contributed by atoms with Gasteiger partial charge >= 0.3 is 6.18 Å². The minimum Gasteiger partial charge on any atom is -0.468 e. The third-order valence-electron chi connectivity index (χ3n) is 0.571. The fraction of sp³-hybridized carbons (Fsp3) is 0.750. The Kier molecular flexibility index (Phi) is 3.05. The summed E-state index contributed by atoms with van der Waals surface area (Å²) < 4.78 is 37.4. The van der Waals surface area contributed by atoms with Crippen LogP contribution in [-0.2, 0) is 9.53 Å². The molecule has 0 bridgehead atoms. The first kappa shape index (κ1) is 8.26. The Morgan fingerprint density at radius 3 is 2.33 bits per heavy atom. The SMILES string of the molecule is O=COCCC(F)(F)F.